The van der Waals surface area contributed by atoms with Gasteiger partial charge < -0.3 is 19.4 Å². The number of morpholine rings is 1. The van der Waals surface area contributed by atoms with Gasteiger partial charge in [0, 0.05) is 44.8 Å². The molecule has 5 heterocycles. The summed E-state index contributed by atoms with van der Waals surface area (Å²) in [5.41, 5.74) is 2.11. The SMILES string of the molecule is CCc1nc2sc(N3CC[C@@H](N(C)CC(=O)N4CCOCC4)C3)nn2c1N(C)c1nc(-c2ccc(F)cc2)c(C#N)s1. The number of hydrogen-bond donors (Lipinski definition) is 0. The zero-order valence-corrected chi connectivity index (χ0v) is 25.4. The Balaban J connectivity index is 1.21. The molecule has 14 heteroatoms. The third kappa shape index (κ3) is 5.45. The molecule has 0 bridgehead atoms. The highest BCUT2D eigenvalue weighted by Crippen LogP contribution is 2.38. The van der Waals surface area contributed by atoms with Crippen molar-refractivity contribution in [2.45, 2.75) is 25.8 Å². The number of nitrogens with zero attached hydrogens (tertiary/aromatic N) is 9. The van der Waals surface area contributed by atoms with Crippen molar-refractivity contribution in [1.82, 2.24) is 29.4 Å². The van der Waals surface area contributed by atoms with Gasteiger partial charge in [0.05, 0.1) is 25.5 Å². The van der Waals surface area contributed by atoms with E-state index in [0.29, 0.717) is 60.5 Å². The Morgan fingerprint density at radius 2 is 1.93 bits per heavy atom. The number of rotatable bonds is 8. The van der Waals surface area contributed by atoms with E-state index in [4.69, 9.17) is 19.8 Å². The second kappa shape index (κ2) is 11.9. The molecule has 0 unspecified atom stereocenters. The van der Waals surface area contributed by atoms with E-state index in [1.807, 2.05) is 28.4 Å². The predicted molar refractivity (Wildman–Crippen MR) is 161 cm³/mol. The van der Waals surface area contributed by atoms with Gasteiger partial charge in [-0.3, -0.25) is 9.69 Å². The van der Waals surface area contributed by atoms with Crippen LogP contribution >= 0.6 is 22.7 Å². The predicted octanol–water partition coefficient (Wildman–Crippen LogP) is 3.62. The highest BCUT2D eigenvalue weighted by Gasteiger charge is 2.31. The van der Waals surface area contributed by atoms with Crippen molar-refractivity contribution in [3.63, 3.8) is 0 Å². The third-order valence-corrected chi connectivity index (χ3v) is 9.82. The molecule has 2 fully saturated rings. The highest BCUT2D eigenvalue weighted by atomic mass is 32.1. The van der Waals surface area contributed by atoms with Crippen LogP contribution < -0.4 is 9.80 Å². The number of imidazole rings is 1. The first-order chi connectivity index (χ1) is 20.4. The third-order valence-electron chi connectivity index (χ3n) is 7.82. The summed E-state index contributed by atoms with van der Waals surface area (Å²) in [7, 11) is 3.92. The van der Waals surface area contributed by atoms with E-state index in [1.54, 1.807) is 23.5 Å². The average molecular weight is 610 g/mol. The monoisotopic (exact) mass is 609 g/mol. The fourth-order valence-electron chi connectivity index (χ4n) is 5.42. The molecule has 2 aliphatic rings. The van der Waals surface area contributed by atoms with Gasteiger partial charge >= 0.3 is 0 Å². The zero-order valence-electron chi connectivity index (χ0n) is 23.8. The van der Waals surface area contributed by atoms with Crippen LogP contribution in [-0.2, 0) is 16.0 Å². The number of nitriles is 1. The maximum absolute atomic E-state index is 13.5. The second-order valence-electron chi connectivity index (χ2n) is 10.5. The van der Waals surface area contributed by atoms with Crippen LogP contribution in [0.25, 0.3) is 16.2 Å². The lowest BCUT2D eigenvalue weighted by Crippen LogP contribution is -2.47. The van der Waals surface area contributed by atoms with Gasteiger partial charge in [0.15, 0.2) is 10.9 Å². The molecular weight excluding hydrogens is 578 g/mol. The molecule has 3 aromatic heterocycles. The Hall–Kier alpha value is -3.64. The molecule has 0 spiro atoms. The number of halogens is 1. The molecule has 42 heavy (non-hydrogen) atoms. The summed E-state index contributed by atoms with van der Waals surface area (Å²) in [6.07, 6.45) is 1.66. The minimum Gasteiger partial charge on any atom is -0.378 e. The van der Waals surface area contributed by atoms with Gasteiger partial charge in [-0.15, -0.1) is 5.10 Å². The lowest BCUT2D eigenvalue weighted by molar-refractivity contribution is -0.136. The summed E-state index contributed by atoms with van der Waals surface area (Å²) in [4.78, 5) is 31.9. The summed E-state index contributed by atoms with van der Waals surface area (Å²) in [6, 6.07) is 8.50. The first-order valence-corrected chi connectivity index (χ1v) is 15.6. The van der Waals surface area contributed by atoms with Crippen LogP contribution in [-0.4, -0.2) is 101 Å². The normalized spacial score (nSPS) is 17.4. The van der Waals surface area contributed by atoms with Crippen molar-refractivity contribution in [1.29, 1.82) is 5.26 Å². The number of aromatic nitrogens is 4. The van der Waals surface area contributed by atoms with Gasteiger partial charge in [0.25, 0.3) is 0 Å². The molecule has 1 aromatic carbocycles. The first-order valence-electron chi connectivity index (χ1n) is 14.0. The van der Waals surface area contributed by atoms with Gasteiger partial charge in [0.1, 0.15) is 22.5 Å². The van der Waals surface area contributed by atoms with Crippen LogP contribution in [0.5, 0.6) is 0 Å². The van der Waals surface area contributed by atoms with E-state index >= 15 is 0 Å². The van der Waals surface area contributed by atoms with E-state index in [9.17, 15) is 14.4 Å². The number of hydrogen-bond acceptors (Lipinski definition) is 11. The van der Waals surface area contributed by atoms with E-state index in [2.05, 4.69) is 22.8 Å². The number of carbonyl (C=O) groups is 1. The lowest BCUT2D eigenvalue weighted by Gasteiger charge is -2.30. The van der Waals surface area contributed by atoms with Crippen LogP contribution in [0.3, 0.4) is 0 Å². The van der Waals surface area contributed by atoms with Crippen LogP contribution in [0.15, 0.2) is 24.3 Å². The van der Waals surface area contributed by atoms with Crippen molar-refractivity contribution in [3.05, 3.63) is 40.7 Å². The maximum Gasteiger partial charge on any atom is 0.236 e. The number of carbonyl (C=O) groups excluding carboxylic acids is 1. The van der Waals surface area contributed by atoms with Gasteiger partial charge in [0.2, 0.25) is 16.0 Å². The van der Waals surface area contributed by atoms with Crippen molar-refractivity contribution < 1.29 is 13.9 Å². The summed E-state index contributed by atoms with van der Waals surface area (Å²) in [6.45, 7) is 6.61. The van der Waals surface area contributed by atoms with Crippen LogP contribution in [0.1, 0.15) is 23.9 Å². The lowest BCUT2D eigenvalue weighted by atomic mass is 10.1. The Bertz CT molecular complexity index is 1620. The average Bonchev–Trinajstić information content (AvgIpc) is 3.80. The molecule has 2 aliphatic heterocycles. The minimum atomic E-state index is -0.337. The van der Waals surface area contributed by atoms with Crippen molar-refractivity contribution in [3.8, 4) is 17.3 Å². The van der Waals surface area contributed by atoms with Crippen molar-refractivity contribution >= 4 is 49.6 Å². The number of ether oxygens (including phenoxy) is 1. The van der Waals surface area contributed by atoms with E-state index in [-0.39, 0.29) is 17.8 Å². The number of thiazole rings is 1. The topological polar surface area (TPSA) is 106 Å². The minimum absolute atomic E-state index is 0.149. The molecule has 2 saturated heterocycles. The van der Waals surface area contributed by atoms with Gasteiger partial charge in [-0.05, 0) is 44.2 Å². The smallest absolute Gasteiger partial charge is 0.236 e. The number of fused-ring (bicyclic) bond motifs is 1. The largest absolute Gasteiger partial charge is 0.378 e. The number of benzene rings is 1. The molecule has 0 N–H and O–H groups in total. The van der Waals surface area contributed by atoms with Crippen LogP contribution in [0, 0.1) is 17.1 Å². The molecule has 220 valence electrons. The maximum atomic E-state index is 13.5. The molecule has 1 amide bonds. The summed E-state index contributed by atoms with van der Waals surface area (Å²) in [5, 5.41) is 16.3. The van der Waals surface area contributed by atoms with E-state index in [1.165, 1.54) is 23.5 Å². The molecule has 1 atom stereocenters. The highest BCUT2D eigenvalue weighted by molar-refractivity contribution is 7.20. The molecule has 0 radical (unpaired) electrons. The fraction of sp³-hybridized carbons (Fsp3) is 0.464. The van der Waals surface area contributed by atoms with E-state index in [0.717, 1.165) is 41.1 Å². The van der Waals surface area contributed by atoms with Gasteiger partial charge in [-0.1, -0.05) is 29.6 Å². The second-order valence-corrected chi connectivity index (χ2v) is 12.4. The van der Waals surface area contributed by atoms with Crippen molar-refractivity contribution in [2.24, 2.45) is 0 Å². The molecule has 4 aromatic rings. The summed E-state index contributed by atoms with van der Waals surface area (Å²) in [5.74, 6) is 0.620. The number of likely N-dealkylation sites (N-methyl/N-ethyl adjacent to an activating group) is 1. The van der Waals surface area contributed by atoms with Gasteiger partial charge in [-0.2, -0.15) is 9.78 Å². The first kappa shape index (κ1) is 28.5. The zero-order chi connectivity index (χ0) is 29.4. The van der Waals surface area contributed by atoms with Crippen molar-refractivity contribution in [2.75, 3.05) is 69.8 Å². The quantitative estimate of drug-likeness (QED) is 0.296. The molecule has 11 nitrogen and oxygen atoms in total. The number of aryl methyl sites for hydroxylation is 1. The number of anilines is 3. The van der Waals surface area contributed by atoms with Crippen LogP contribution in [0.4, 0.5) is 20.5 Å². The Morgan fingerprint density at radius 1 is 1.17 bits per heavy atom. The molecule has 6 rings (SSSR count). The summed E-state index contributed by atoms with van der Waals surface area (Å²) >= 11 is 2.83. The molecule has 0 saturated carbocycles. The summed E-state index contributed by atoms with van der Waals surface area (Å²) < 4.78 is 20.7. The Morgan fingerprint density at radius 3 is 2.64 bits per heavy atom. The van der Waals surface area contributed by atoms with Gasteiger partial charge in [-0.25, -0.2) is 14.4 Å². The van der Waals surface area contributed by atoms with E-state index < -0.39 is 0 Å². The number of amides is 1. The fourth-order valence-corrected chi connectivity index (χ4v) is 7.22. The molecule has 0 aliphatic carbocycles. The Kier molecular flexibility index (Phi) is 8.09. The standard InChI is InChI=1S/C28H32FN9O2S2/c1-4-21-25(35(3)26-32-24(22(15-30)41-26)18-5-7-19(29)8-6-18)38-27(31-21)42-28(33-38)37-10-9-20(16-37)34(2)17-23(39)36-11-13-40-14-12-36/h5-8,20H,4,9-14,16-17H2,1-3H3/t20-/m1/s1. The Labute approximate surface area is 251 Å². The van der Waals surface area contributed by atoms with Crippen LogP contribution in [0.2, 0.25) is 0 Å². The molecular formula is C28H32FN9O2S2.